The Bertz CT molecular complexity index is 1010. The molecule has 1 atom stereocenters. The number of carboxylic acids is 1. The maximum atomic E-state index is 12.5. The van der Waals surface area contributed by atoms with E-state index < -0.39 is 23.3 Å². The summed E-state index contributed by atoms with van der Waals surface area (Å²) in [5.74, 6) is -0.759. The summed E-state index contributed by atoms with van der Waals surface area (Å²) in [6.45, 7) is 2.22. The zero-order valence-corrected chi connectivity index (χ0v) is 15.9. The number of nitrogens with zero attached hydrogens (tertiary/aromatic N) is 1. The van der Waals surface area contributed by atoms with Gasteiger partial charge in [-0.25, -0.2) is 9.78 Å². The van der Waals surface area contributed by atoms with E-state index in [-0.39, 0.29) is 24.6 Å². The van der Waals surface area contributed by atoms with Crippen LogP contribution >= 0.6 is 11.3 Å². The van der Waals surface area contributed by atoms with E-state index in [2.05, 4.69) is 10.3 Å². The molecule has 0 spiro atoms. The van der Waals surface area contributed by atoms with Gasteiger partial charge in [-0.1, -0.05) is 0 Å². The molecule has 0 saturated heterocycles. The number of carbonyl (C=O) groups is 1. The first kappa shape index (κ1) is 21.1. The number of hydrogen-bond acceptors (Lipinski definition) is 7. The van der Waals surface area contributed by atoms with Gasteiger partial charge >= 0.3 is 12.1 Å². The molecule has 156 valence electrons. The number of alkyl halides is 3. The van der Waals surface area contributed by atoms with Gasteiger partial charge in [0.25, 0.3) is 0 Å². The lowest BCUT2D eigenvalue weighted by Crippen LogP contribution is -2.26. The van der Waals surface area contributed by atoms with Crippen LogP contribution in [0.1, 0.15) is 32.9 Å². The summed E-state index contributed by atoms with van der Waals surface area (Å²) in [6.07, 6.45) is -5.69. The number of aliphatic hydroxyl groups is 1. The number of ether oxygens (including phenoxy) is 1. The van der Waals surface area contributed by atoms with Crippen LogP contribution in [0.2, 0.25) is 0 Å². The first-order valence-electron chi connectivity index (χ1n) is 8.47. The average molecular weight is 430 g/mol. The van der Waals surface area contributed by atoms with Gasteiger partial charge in [0.15, 0.2) is 5.01 Å². The predicted molar refractivity (Wildman–Crippen MR) is 98.4 cm³/mol. The van der Waals surface area contributed by atoms with E-state index in [1.54, 1.807) is 25.1 Å². The third-order valence-electron chi connectivity index (χ3n) is 4.09. The van der Waals surface area contributed by atoms with Crippen LogP contribution in [-0.2, 0) is 6.18 Å². The number of aromatic nitrogens is 1. The second-order valence-electron chi connectivity index (χ2n) is 6.16. The van der Waals surface area contributed by atoms with Gasteiger partial charge in [0.05, 0.1) is 5.69 Å². The SMILES string of the molecule is Cc1c(C(=O)O)oc2ccc(OCCNC[C@@H](O)c3csc(C(F)(F)F)n3)cc12. The smallest absolute Gasteiger partial charge is 0.443 e. The van der Waals surface area contributed by atoms with Crippen molar-refractivity contribution in [2.45, 2.75) is 19.2 Å². The molecule has 3 rings (SSSR count). The molecule has 0 fully saturated rings. The molecule has 0 aliphatic carbocycles. The highest BCUT2D eigenvalue weighted by atomic mass is 32.1. The van der Waals surface area contributed by atoms with Crippen molar-refractivity contribution in [2.75, 3.05) is 19.7 Å². The third-order valence-corrected chi connectivity index (χ3v) is 5.00. The number of aliphatic hydroxyl groups excluding tert-OH is 1. The molecule has 0 aliphatic heterocycles. The van der Waals surface area contributed by atoms with E-state index in [0.717, 1.165) is 0 Å². The summed E-state index contributed by atoms with van der Waals surface area (Å²) in [5.41, 5.74) is 0.904. The highest BCUT2D eigenvalue weighted by Gasteiger charge is 2.35. The van der Waals surface area contributed by atoms with E-state index in [1.165, 1.54) is 5.38 Å². The summed E-state index contributed by atoms with van der Waals surface area (Å²) >= 11 is 0.438. The zero-order chi connectivity index (χ0) is 21.2. The molecule has 0 unspecified atom stereocenters. The van der Waals surface area contributed by atoms with Crippen LogP contribution in [0, 0.1) is 6.92 Å². The lowest BCUT2D eigenvalue weighted by Gasteiger charge is -2.11. The van der Waals surface area contributed by atoms with E-state index in [0.29, 0.717) is 40.2 Å². The van der Waals surface area contributed by atoms with Crippen LogP contribution in [0.15, 0.2) is 28.0 Å². The van der Waals surface area contributed by atoms with Crippen molar-refractivity contribution in [1.82, 2.24) is 10.3 Å². The second kappa shape index (κ2) is 8.39. The topological polar surface area (TPSA) is 105 Å². The molecule has 0 saturated carbocycles. The summed E-state index contributed by atoms with van der Waals surface area (Å²) in [5, 5.41) is 22.7. The van der Waals surface area contributed by atoms with E-state index in [9.17, 15) is 23.1 Å². The number of thiazole rings is 1. The van der Waals surface area contributed by atoms with Crippen molar-refractivity contribution >= 4 is 28.3 Å². The Morgan fingerprint density at radius 1 is 1.41 bits per heavy atom. The van der Waals surface area contributed by atoms with Crippen molar-refractivity contribution in [3.63, 3.8) is 0 Å². The van der Waals surface area contributed by atoms with Crippen LogP contribution in [0.5, 0.6) is 5.75 Å². The molecule has 0 aliphatic rings. The quantitative estimate of drug-likeness (QED) is 0.469. The molecule has 2 aromatic heterocycles. The van der Waals surface area contributed by atoms with Crippen LogP contribution in [-0.4, -0.2) is 40.9 Å². The molecular formula is C18H17F3N2O5S. The number of benzene rings is 1. The zero-order valence-electron chi connectivity index (χ0n) is 15.1. The van der Waals surface area contributed by atoms with Gasteiger partial charge in [0, 0.05) is 29.4 Å². The first-order valence-corrected chi connectivity index (χ1v) is 9.35. The molecule has 7 nitrogen and oxygen atoms in total. The Hall–Kier alpha value is -2.63. The van der Waals surface area contributed by atoms with Crippen LogP contribution in [0.4, 0.5) is 13.2 Å². The molecule has 29 heavy (non-hydrogen) atoms. The second-order valence-corrected chi connectivity index (χ2v) is 7.02. The Morgan fingerprint density at radius 2 is 2.17 bits per heavy atom. The molecular weight excluding hydrogens is 413 g/mol. The number of aryl methyl sites for hydroxylation is 1. The summed E-state index contributed by atoms with van der Waals surface area (Å²) < 4.78 is 48.5. The fourth-order valence-corrected chi connectivity index (χ4v) is 3.38. The van der Waals surface area contributed by atoms with Crippen LogP contribution in [0.25, 0.3) is 11.0 Å². The van der Waals surface area contributed by atoms with Crippen LogP contribution in [0.3, 0.4) is 0 Å². The van der Waals surface area contributed by atoms with Crippen molar-refractivity contribution in [3.8, 4) is 5.75 Å². The number of fused-ring (bicyclic) bond motifs is 1. The maximum absolute atomic E-state index is 12.5. The van der Waals surface area contributed by atoms with Gasteiger partial charge < -0.3 is 24.7 Å². The van der Waals surface area contributed by atoms with Crippen molar-refractivity contribution in [3.05, 3.63) is 45.6 Å². The summed E-state index contributed by atoms with van der Waals surface area (Å²) in [4.78, 5) is 14.5. The van der Waals surface area contributed by atoms with Crippen molar-refractivity contribution in [2.24, 2.45) is 0 Å². The highest BCUT2D eigenvalue weighted by molar-refractivity contribution is 7.09. The minimum atomic E-state index is -4.52. The van der Waals surface area contributed by atoms with Crippen molar-refractivity contribution < 1.29 is 37.3 Å². The predicted octanol–water partition coefficient (Wildman–Crippen LogP) is 3.62. The fourth-order valence-electron chi connectivity index (χ4n) is 2.65. The largest absolute Gasteiger partial charge is 0.492 e. The lowest BCUT2D eigenvalue weighted by atomic mass is 10.1. The molecule has 0 amide bonds. The molecule has 0 radical (unpaired) electrons. The van der Waals surface area contributed by atoms with E-state index >= 15 is 0 Å². The Kier molecular flexibility index (Phi) is 6.10. The molecule has 2 heterocycles. The Morgan fingerprint density at radius 3 is 2.83 bits per heavy atom. The monoisotopic (exact) mass is 430 g/mol. The van der Waals surface area contributed by atoms with Gasteiger partial charge in [-0.2, -0.15) is 13.2 Å². The molecule has 3 aromatic rings. The maximum Gasteiger partial charge on any atom is 0.443 e. The number of furan rings is 1. The van der Waals surface area contributed by atoms with Crippen molar-refractivity contribution in [1.29, 1.82) is 0 Å². The number of aromatic carboxylic acids is 1. The first-order chi connectivity index (χ1) is 13.7. The third kappa shape index (κ3) is 4.86. The standard InChI is InChI=1S/C18H17F3N2O5S/c1-9-11-6-10(2-3-14(11)28-15(9)16(25)26)27-5-4-22-7-13(24)12-8-29-17(23-12)18(19,20)21/h2-3,6,8,13,22,24H,4-5,7H2,1H3,(H,25,26)/t13-/m1/s1. The van der Waals surface area contributed by atoms with Gasteiger partial charge in [-0.3, -0.25) is 0 Å². The Balaban J connectivity index is 1.48. The minimum absolute atomic E-state index is 0.0201. The number of halogens is 3. The van der Waals surface area contributed by atoms with Crippen LogP contribution < -0.4 is 10.1 Å². The fraction of sp³-hybridized carbons (Fsp3) is 0.333. The van der Waals surface area contributed by atoms with E-state index in [4.69, 9.17) is 14.3 Å². The van der Waals surface area contributed by atoms with Gasteiger partial charge in [0.2, 0.25) is 5.76 Å². The summed E-state index contributed by atoms with van der Waals surface area (Å²) in [7, 11) is 0. The lowest BCUT2D eigenvalue weighted by molar-refractivity contribution is -0.137. The van der Waals surface area contributed by atoms with Gasteiger partial charge in [-0.05, 0) is 25.1 Å². The summed E-state index contributed by atoms with van der Waals surface area (Å²) in [6, 6.07) is 4.92. The number of hydrogen-bond donors (Lipinski definition) is 3. The Labute approximate surface area is 166 Å². The number of nitrogens with one attached hydrogen (secondary N) is 1. The molecule has 3 N–H and O–H groups in total. The normalized spacial score (nSPS) is 13.0. The molecule has 0 bridgehead atoms. The average Bonchev–Trinajstić information content (AvgIpc) is 3.27. The van der Waals surface area contributed by atoms with E-state index in [1.807, 2.05) is 0 Å². The number of carboxylic acid groups (broad SMARTS) is 1. The highest BCUT2D eigenvalue weighted by Crippen LogP contribution is 2.33. The molecule has 1 aromatic carbocycles. The number of rotatable bonds is 8. The minimum Gasteiger partial charge on any atom is -0.492 e. The van der Waals surface area contributed by atoms with Gasteiger partial charge in [-0.15, -0.1) is 11.3 Å². The molecule has 11 heteroatoms. The van der Waals surface area contributed by atoms with Gasteiger partial charge in [0.1, 0.15) is 24.0 Å².